The molecule has 1 aromatic heterocycles. The number of aromatic nitrogens is 2. The standard InChI is InChI=1S/C12H13BrN4O2/c13-10-11(16-7-17-12(10)18)15-5-6-19-9-3-1-8(14)2-4-9/h1-4,7H,5-6,14H2,(H2,15,16,17,18). The molecular weight excluding hydrogens is 312 g/mol. The minimum absolute atomic E-state index is 0.225. The molecule has 2 rings (SSSR count). The van der Waals surface area contributed by atoms with E-state index >= 15 is 0 Å². The van der Waals surface area contributed by atoms with E-state index < -0.39 is 0 Å². The molecule has 7 heteroatoms. The lowest BCUT2D eigenvalue weighted by Gasteiger charge is -2.08. The van der Waals surface area contributed by atoms with E-state index in [4.69, 9.17) is 10.5 Å². The number of nitrogens with zero attached hydrogens (tertiary/aromatic N) is 1. The summed E-state index contributed by atoms with van der Waals surface area (Å²) < 4.78 is 5.88. The molecule has 0 aliphatic rings. The third-order valence-electron chi connectivity index (χ3n) is 2.34. The largest absolute Gasteiger partial charge is 0.492 e. The van der Waals surface area contributed by atoms with Crippen molar-refractivity contribution in [1.82, 2.24) is 9.97 Å². The van der Waals surface area contributed by atoms with E-state index in [2.05, 4.69) is 31.2 Å². The highest BCUT2D eigenvalue weighted by molar-refractivity contribution is 9.10. The topological polar surface area (TPSA) is 93.0 Å². The van der Waals surface area contributed by atoms with Gasteiger partial charge in [0.25, 0.3) is 5.56 Å². The monoisotopic (exact) mass is 324 g/mol. The van der Waals surface area contributed by atoms with E-state index in [0.29, 0.717) is 29.1 Å². The maximum absolute atomic E-state index is 11.3. The smallest absolute Gasteiger partial charge is 0.267 e. The zero-order chi connectivity index (χ0) is 13.7. The third-order valence-corrected chi connectivity index (χ3v) is 3.08. The highest BCUT2D eigenvalue weighted by Gasteiger charge is 2.03. The van der Waals surface area contributed by atoms with Crippen LogP contribution in [0.2, 0.25) is 0 Å². The van der Waals surface area contributed by atoms with Gasteiger partial charge in [0.05, 0.1) is 12.9 Å². The van der Waals surface area contributed by atoms with Crippen molar-refractivity contribution in [1.29, 1.82) is 0 Å². The third kappa shape index (κ3) is 3.72. The summed E-state index contributed by atoms with van der Waals surface area (Å²) in [5.41, 5.74) is 6.05. The Balaban J connectivity index is 1.82. The van der Waals surface area contributed by atoms with Crippen molar-refractivity contribution in [2.24, 2.45) is 0 Å². The quantitative estimate of drug-likeness (QED) is 0.574. The second-order valence-corrected chi connectivity index (χ2v) is 4.53. The van der Waals surface area contributed by atoms with Gasteiger partial charge in [-0.15, -0.1) is 0 Å². The number of nitrogens with two attached hydrogens (primary N) is 1. The fraction of sp³-hybridized carbons (Fsp3) is 0.167. The second kappa shape index (κ2) is 6.24. The maximum Gasteiger partial charge on any atom is 0.267 e. The number of aromatic amines is 1. The molecule has 0 aliphatic carbocycles. The summed E-state index contributed by atoms with van der Waals surface area (Å²) in [6, 6.07) is 7.16. The van der Waals surface area contributed by atoms with Gasteiger partial charge in [-0.1, -0.05) is 0 Å². The van der Waals surface area contributed by atoms with Crippen molar-refractivity contribution < 1.29 is 4.74 Å². The van der Waals surface area contributed by atoms with Crippen LogP contribution in [-0.2, 0) is 0 Å². The summed E-state index contributed by atoms with van der Waals surface area (Å²) in [6.07, 6.45) is 1.34. The number of benzene rings is 1. The first-order valence-corrected chi connectivity index (χ1v) is 6.41. The Kier molecular flexibility index (Phi) is 4.40. The predicted molar refractivity (Wildman–Crippen MR) is 77.4 cm³/mol. The molecular formula is C12H13BrN4O2. The first kappa shape index (κ1) is 13.4. The van der Waals surface area contributed by atoms with E-state index in [9.17, 15) is 4.79 Å². The van der Waals surface area contributed by atoms with Gasteiger partial charge in [-0.2, -0.15) is 0 Å². The summed E-state index contributed by atoms with van der Waals surface area (Å²) in [7, 11) is 0. The number of rotatable bonds is 5. The van der Waals surface area contributed by atoms with Crippen molar-refractivity contribution in [2.75, 3.05) is 24.2 Å². The summed E-state index contributed by atoms with van der Waals surface area (Å²) in [5, 5.41) is 3.01. The first-order chi connectivity index (χ1) is 9.16. The molecule has 1 heterocycles. The van der Waals surface area contributed by atoms with E-state index in [0.717, 1.165) is 5.75 Å². The fourth-order valence-corrected chi connectivity index (χ4v) is 1.77. The van der Waals surface area contributed by atoms with Crippen LogP contribution in [0.5, 0.6) is 5.75 Å². The highest BCUT2D eigenvalue weighted by Crippen LogP contribution is 2.14. The Morgan fingerprint density at radius 3 is 2.84 bits per heavy atom. The lowest BCUT2D eigenvalue weighted by molar-refractivity contribution is 0.333. The van der Waals surface area contributed by atoms with Gasteiger partial charge < -0.3 is 20.8 Å². The minimum Gasteiger partial charge on any atom is -0.492 e. The molecule has 0 radical (unpaired) electrons. The van der Waals surface area contributed by atoms with Gasteiger partial charge in [0.15, 0.2) is 0 Å². The Bertz CT molecular complexity index is 597. The molecule has 0 bridgehead atoms. The van der Waals surface area contributed by atoms with Crippen molar-refractivity contribution in [3.8, 4) is 5.75 Å². The van der Waals surface area contributed by atoms with E-state index in [-0.39, 0.29) is 5.56 Å². The summed E-state index contributed by atoms with van der Waals surface area (Å²) >= 11 is 3.16. The van der Waals surface area contributed by atoms with Crippen LogP contribution in [-0.4, -0.2) is 23.1 Å². The lowest BCUT2D eigenvalue weighted by atomic mass is 10.3. The summed E-state index contributed by atoms with van der Waals surface area (Å²) in [5.74, 6) is 1.23. The SMILES string of the molecule is Nc1ccc(OCCNc2nc[nH]c(=O)c2Br)cc1. The molecule has 0 spiro atoms. The highest BCUT2D eigenvalue weighted by atomic mass is 79.9. The predicted octanol–water partition coefficient (Wildman–Crippen LogP) is 1.61. The van der Waals surface area contributed by atoms with Gasteiger partial charge in [-0.05, 0) is 40.2 Å². The molecule has 0 atom stereocenters. The van der Waals surface area contributed by atoms with Gasteiger partial charge in [0, 0.05) is 5.69 Å². The number of halogens is 1. The maximum atomic E-state index is 11.3. The number of nitrogens with one attached hydrogen (secondary N) is 2. The molecule has 0 fully saturated rings. The Labute approximate surface area is 118 Å². The number of H-pyrrole nitrogens is 1. The Morgan fingerprint density at radius 1 is 1.37 bits per heavy atom. The van der Waals surface area contributed by atoms with E-state index in [1.165, 1.54) is 6.33 Å². The average molecular weight is 325 g/mol. The molecule has 19 heavy (non-hydrogen) atoms. The van der Waals surface area contributed by atoms with Gasteiger partial charge in [-0.25, -0.2) is 4.98 Å². The van der Waals surface area contributed by atoms with Crippen LogP contribution in [0.25, 0.3) is 0 Å². The number of hydrogen-bond acceptors (Lipinski definition) is 5. The zero-order valence-corrected chi connectivity index (χ0v) is 11.6. The average Bonchev–Trinajstić information content (AvgIpc) is 2.41. The molecule has 0 saturated carbocycles. The van der Waals surface area contributed by atoms with Gasteiger partial charge in [0.2, 0.25) is 0 Å². The Hall–Kier alpha value is -2.02. The van der Waals surface area contributed by atoms with Crippen LogP contribution in [0, 0.1) is 0 Å². The molecule has 0 saturated heterocycles. The van der Waals surface area contributed by atoms with Crippen molar-refractivity contribution in [3.05, 3.63) is 45.4 Å². The van der Waals surface area contributed by atoms with Crippen LogP contribution < -0.4 is 21.3 Å². The normalized spacial score (nSPS) is 10.2. The van der Waals surface area contributed by atoms with Gasteiger partial charge in [0.1, 0.15) is 22.6 Å². The first-order valence-electron chi connectivity index (χ1n) is 5.62. The summed E-state index contributed by atoms with van der Waals surface area (Å²) in [4.78, 5) is 17.8. The molecule has 2 aromatic rings. The van der Waals surface area contributed by atoms with Gasteiger partial charge in [-0.3, -0.25) is 4.79 Å². The van der Waals surface area contributed by atoms with Crippen LogP contribution in [0.3, 0.4) is 0 Å². The number of hydrogen-bond donors (Lipinski definition) is 3. The van der Waals surface area contributed by atoms with Crippen LogP contribution in [0.4, 0.5) is 11.5 Å². The van der Waals surface area contributed by atoms with E-state index in [1.807, 2.05) is 0 Å². The number of ether oxygens (including phenoxy) is 1. The van der Waals surface area contributed by atoms with Crippen molar-refractivity contribution in [2.45, 2.75) is 0 Å². The van der Waals surface area contributed by atoms with Crippen LogP contribution in [0.15, 0.2) is 39.9 Å². The molecule has 0 amide bonds. The Morgan fingerprint density at radius 2 is 2.11 bits per heavy atom. The van der Waals surface area contributed by atoms with E-state index in [1.54, 1.807) is 24.3 Å². The zero-order valence-electron chi connectivity index (χ0n) is 10.0. The van der Waals surface area contributed by atoms with Crippen LogP contribution >= 0.6 is 15.9 Å². The van der Waals surface area contributed by atoms with Crippen molar-refractivity contribution >= 4 is 27.4 Å². The summed E-state index contributed by atoms with van der Waals surface area (Å²) in [6.45, 7) is 0.976. The molecule has 1 aromatic carbocycles. The number of nitrogen functional groups attached to an aromatic ring is 1. The molecule has 4 N–H and O–H groups in total. The molecule has 6 nitrogen and oxygen atoms in total. The minimum atomic E-state index is -0.225. The second-order valence-electron chi connectivity index (χ2n) is 3.74. The van der Waals surface area contributed by atoms with Gasteiger partial charge >= 0.3 is 0 Å². The van der Waals surface area contributed by atoms with Crippen LogP contribution in [0.1, 0.15) is 0 Å². The number of anilines is 2. The molecule has 0 unspecified atom stereocenters. The molecule has 100 valence electrons. The fourth-order valence-electron chi connectivity index (χ4n) is 1.41. The molecule has 0 aliphatic heterocycles. The van der Waals surface area contributed by atoms with Crippen molar-refractivity contribution in [3.63, 3.8) is 0 Å². The lowest BCUT2D eigenvalue weighted by Crippen LogP contribution is -2.16.